The van der Waals surface area contributed by atoms with Crippen molar-refractivity contribution in [3.63, 3.8) is 0 Å². The Hall–Kier alpha value is -3.52. The minimum absolute atomic E-state index is 0. The van der Waals surface area contributed by atoms with Gasteiger partial charge in [-0.15, -0.1) is 24.8 Å². The van der Waals surface area contributed by atoms with Crippen molar-refractivity contribution in [2.45, 2.75) is 106 Å². The SMILES string of the molecule is Cl.Cl.[CH3][Zr]([CH3])(=[SiH2])([CH]1C(CC23CC4CC(CC(C4)C2)C3)=Cc2c(-c3ccccc3)ccc(-c3ccccc3)c21)[CH]1C(CC23CC4CC(CC(C4)C2)C3)=Cc2c(-c3ccccc3)ccc(-c3ccccc3)c21. The van der Waals surface area contributed by atoms with E-state index < -0.39 is 17.4 Å². The van der Waals surface area contributed by atoms with Crippen LogP contribution in [0.5, 0.6) is 0 Å². The average molecular weight is 1060 g/mol. The zero-order valence-corrected chi connectivity index (χ0v) is 47.1. The van der Waals surface area contributed by atoms with Crippen molar-refractivity contribution in [3.05, 3.63) is 179 Å². The van der Waals surface area contributed by atoms with Crippen LogP contribution in [0.15, 0.2) is 157 Å². The van der Waals surface area contributed by atoms with Crippen LogP contribution in [0.4, 0.5) is 0 Å². The molecule has 358 valence electrons. The molecule has 0 nitrogen and oxygen atoms in total. The third-order valence-electron chi connectivity index (χ3n) is 20.3. The summed E-state index contributed by atoms with van der Waals surface area (Å²) in [4.78, 5) is 0. The van der Waals surface area contributed by atoms with Crippen LogP contribution in [0.1, 0.15) is 119 Å². The van der Waals surface area contributed by atoms with E-state index >= 15 is 0 Å². The second-order valence-corrected chi connectivity index (χ2v) is 56.3. The quantitative estimate of drug-likeness (QED) is 0.120. The van der Waals surface area contributed by atoms with Crippen molar-refractivity contribution >= 4 is 43.8 Å². The molecule has 2 unspecified atom stereocenters. The van der Waals surface area contributed by atoms with Crippen molar-refractivity contribution in [2.24, 2.45) is 46.3 Å². The minimum atomic E-state index is -4.36. The van der Waals surface area contributed by atoms with E-state index in [4.69, 9.17) is 0 Å². The summed E-state index contributed by atoms with van der Waals surface area (Å²) >= 11 is -4.36. The predicted octanol–water partition coefficient (Wildman–Crippen LogP) is 18.3. The molecule has 0 aliphatic heterocycles. The molecule has 6 aromatic carbocycles. The van der Waals surface area contributed by atoms with Gasteiger partial charge >= 0.3 is 413 Å². The van der Waals surface area contributed by atoms with Gasteiger partial charge in [-0.25, -0.2) is 0 Å². The standard InChI is InChI=1S/2C32H31.2CH3.2ClH.H2Si.Zr/c2*1-3-7-26(8-4-1)28-11-12-29(27-9-5-2-6-10-27)31-17-25(16-30(28)31)21-32-18-22-13-23(19-32)15-24(14-22)20-32;;;;;;/h2*1-12,16-17,22-24H,13-15,18-21H2;2*1H3;2*1H;1H2;. The van der Waals surface area contributed by atoms with E-state index in [9.17, 15) is 0 Å². The first-order valence-corrected chi connectivity index (χ1v) is 40.8. The van der Waals surface area contributed by atoms with Crippen molar-refractivity contribution in [2.75, 3.05) is 0 Å². The molecule has 0 amide bonds. The van der Waals surface area contributed by atoms with Crippen LogP contribution in [0.2, 0.25) is 9.26 Å². The van der Waals surface area contributed by atoms with Crippen LogP contribution in [0.25, 0.3) is 56.7 Å². The normalized spacial score (nSPS) is 30.8. The maximum absolute atomic E-state index is 4.36. The van der Waals surface area contributed by atoms with E-state index in [2.05, 4.69) is 174 Å². The maximum atomic E-state index is 3.01. The molecule has 10 aliphatic rings. The number of halogens is 2. The van der Waals surface area contributed by atoms with Gasteiger partial charge in [-0.3, -0.25) is 0 Å². The number of rotatable bonds is 10. The zero-order valence-electron chi connectivity index (χ0n) is 41.6. The molecule has 0 heterocycles. The molecule has 8 fully saturated rings. The average Bonchev–Trinajstić information content (AvgIpc) is 3.91. The molecule has 10 aliphatic carbocycles. The number of allylic oxidation sites excluding steroid dienone is 2. The summed E-state index contributed by atoms with van der Waals surface area (Å²) in [7, 11) is 0. The fraction of sp³-hybridized carbons (Fsp3) is 0.394. The van der Waals surface area contributed by atoms with Gasteiger partial charge in [0.15, 0.2) is 0 Å². The number of hydrogen-bond donors (Lipinski definition) is 0. The van der Waals surface area contributed by atoms with Crippen LogP contribution in [0.3, 0.4) is 0 Å². The van der Waals surface area contributed by atoms with E-state index in [-0.39, 0.29) is 24.8 Å². The topological polar surface area (TPSA) is 0 Å². The third kappa shape index (κ3) is 7.80. The third-order valence-corrected chi connectivity index (χ3v) is 37.7. The van der Waals surface area contributed by atoms with Crippen LogP contribution in [-0.2, 0) is 17.4 Å². The molecule has 4 heteroatoms. The fourth-order valence-electron chi connectivity index (χ4n) is 19.1. The Kier molecular flexibility index (Phi) is 11.9. The van der Waals surface area contributed by atoms with Crippen molar-refractivity contribution < 1.29 is 17.4 Å². The Bertz CT molecular complexity index is 2830. The van der Waals surface area contributed by atoms with Crippen LogP contribution < -0.4 is 0 Å². The molecule has 0 N–H and O–H groups in total. The Morgan fingerprint density at radius 3 is 0.929 bits per heavy atom. The molecular formula is C66H72Cl2SiZr. The van der Waals surface area contributed by atoms with Gasteiger partial charge in [0.05, 0.1) is 0 Å². The fourth-order valence-corrected chi connectivity index (χ4v) is 38.5. The van der Waals surface area contributed by atoms with Crippen LogP contribution in [0, 0.1) is 46.3 Å². The van der Waals surface area contributed by atoms with Gasteiger partial charge in [-0.2, -0.15) is 0 Å². The van der Waals surface area contributed by atoms with E-state index in [0.29, 0.717) is 18.1 Å². The van der Waals surface area contributed by atoms with Crippen LogP contribution >= 0.6 is 24.8 Å². The van der Waals surface area contributed by atoms with Gasteiger partial charge in [0, 0.05) is 0 Å². The Labute approximate surface area is 434 Å². The van der Waals surface area contributed by atoms with Crippen molar-refractivity contribution in [1.29, 1.82) is 0 Å². The molecule has 16 rings (SSSR count). The molecule has 6 aromatic rings. The van der Waals surface area contributed by atoms with Crippen molar-refractivity contribution in [1.82, 2.24) is 0 Å². The molecule has 0 aromatic heterocycles. The summed E-state index contributed by atoms with van der Waals surface area (Å²) in [5.41, 5.74) is 22.4. The second kappa shape index (κ2) is 17.6. The predicted molar refractivity (Wildman–Crippen MR) is 301 cm³/mol. The zero-order chi connectivity index (χ0) is 45.4. The van der Waals surface area contributed by atoms with E-state index in [0.717, 1.165) is 35.5 Å². The molecule has 0 spiro atoms. The second-order valence-electron chi connectivity index (χ2n) is 25.9. The molecule has 8 saturated carbocycles. The van der Waals surface area contributed by atoms with E-state index in [1.807, 2.05) is 11.1 Å². The van der Waals surface area contributed by atoms with Gasteiger partial charge in [0.25, 0.3) is 0 Å². The van der Waals surface area contributed by atoms with Gasteiger partial charge in [0.2, 0.25) is 0 Å². The van der Waals surface area contributed by atoms with E-state index in [1.54, 1.807) is 22.3 Å². The molecule has 8 bridgehead atoms. The summed E-state index contributed by atoms with van der Waals surface area (Å²) in [5, 5.41) is 0. The van der Waals surface area contributed by atoms with Gasteiger partial charge in [0.1, 0.15) is 0 Å². The molecule has 2 atom stereocenters. The molecule has 70 heavy (non-hydrogen) atoms. The number of fused-ring (bicyclic) bond motifs is 2. The first kappa shape index (κ1) is 47.5. The Morgan fingerprint density at radius 1 is 0.386 bits per heavy atom. The Morgan fingerprint density at radius 2 is 0.643 bits per heavy atom. The first-order valence-electron chi connectivity index (χ1n) is 27.1. The van der Waals surface area contributed by atoms with E-state index in [1.165, 1.54) is 134 Å². The molecule has 0 saturated heterocycles. The van der Waals surface area contributed by atoms with Crippen LogP contribution in [-0.4, -0.2) is 6.88 Å². The molecular weight excluding hydrogens is 983 g/mol. The summed E-state index contributed by atoms with van der Waals surface area (Å²) in [6, 6.07) is 56.4. The summed E-state index contributed by atoms with van der Waals surface area (Å²) in [6.07, 6.45) is 26.1. The number of benzene rings is 6. The monoisotopic (exact) mass is 1050 g/mol. The van der Waals surface area contributed by atoms with Gasteiger partial charge < -0.3 is 0 Å². The van der Waals surface area contributed by atoms with Crippen molar-refractivity contribution in [3.8, 4) is 44.5 Å². The molecule has 0 radical (unpaired) electrons. The summed E-state index contributed by atoms with van der Waals surface area (Å²) in [6.45, 7) is 2.64. The summed E-state index contributed by atoms with van der Waals surface area (Å²) in [5.74, 6) is 5.66. The summed E-state index contributed by atoms with van der Waals surface area (Å²) < 4.78 is 6.90. The van der Waals surface area contributed by atoms with Gasteiger partial charge in [-0.05, 0) is 0 Å². The first-order chi connectivity index (χ1) is 33.1. The Balaban J connectivity index is 0.00000252. The number of hydrogen-bond acceptors (Lipinski definition) is 0. The van der Waals surface area contributed by atoms with Gasteiger partial charge in [-0.1, -0.05) is 0 Å².